The zero-order valence-corrected chi connectivity index (χ0v) is 9.44. The number of carboxylic acid groups (broad SMARTS) is 2. The molecule has 2 N–H and O–H groups in total. The molecule has 16 heavy (non-hydrogen) atoms. The summed E-state index contributed by atoms with van der Waals surface area (Å²) < 4.78 is 0. The summed E-state index contributed by atoms with van der Waals surface area (Å²) in [5, 5.41) is 16.3. The SMILES string of the molecule is O=C(O)C(Cl)C(C(=O)O)c1ccccc1Cl. The van der Waals surface area contributed by atoms with E-state index < -0.39 is 23.2 Å². The molecule has 0 aliphatic carbocycles. The van der Waals surface area contributed by atoms with E-state index in [-0.39, 0.29) is 10.6 Å². The summed E-state index contributed by atoms with van der Waals surface area (Å²) in [6.45, 7) is 0. The molecule has 6 heteroatoms. The maximum atomic E-state index is 11.0. The van der Waals surface area contributed by atoms with Gasteiger partial charge in [0, 0.05) is 5.02 Å². The quantitative estimate of drug-likeness (QED) is 0.816. The zero-order valence-electron chi connectivity index (χ0n) is 7.93. The van der Waals surface area contributed by atoms with Crippen molar-refractivity contribution in [3.05, 3.63) is 34.9 Å². The molecule has 1 aromatic rings. The van der Waals surface area contributed by atoms with E-state index >= 15 is 0 Å². The summed E-state index contributed by atoms with van der Waals surface area (Å²) in [4.78, 5) is 21.7. The second-order valence-corrected chi connectivity index (χ2v) is 3.95. The van der Waals surface area contributed by atoms with Gasteiger partial charge in [-0.05, 0) is 11.6 Å². The first-order chi connectivity index (χ1) is 7.45. The molecular formula is C10H8Cl2O4. The van der Waals surface area contributed by atoms with Gasteiger partial charge in [0.1, 0.15) is 11.3 Å². The van der Waals surface area contributed by atoms with Gasteiger partial charge in [0.05, 0.1) is 0 Å². The van der Waals surface area contributed by atoms with Gasteiger partial charge in [-0.1, -0.05) is 29.8 Å². The first-order valence-corrected chi connectivity index (χ1v) is 5.10. The number of carbonyl (C=O) groups is 2. The van der Waals surface area contributed by atoms with E-state index in [9.17, 15) is 9.59 Å². The number of hydrogen-bond acceptors (Lipinski definition) is 2. The Hall–Kier alpha value is -1.26. The van der Waals surface area contributed by atoms with Crippen molar-refractivity contribution in [3.63, 3.8) is 0 Å². The Bertz CT molecular complexity index is 419. The van der Waals surface area contributed by atoms with Crippen molar-refractivity contribution in [2.75, 3.05) is 0 Å². The van der Waals surface area contributed by atoms with Gasteiger partial charge in [0.15, 0.2) is 0 Å². The van der Waals surface area contributed by atoms with Crippen molar-refractivity contribution in [2.45, 2.75) is 11.3 Å². The van der Waals surface area contributed by atoms with E-state index in [1.165, 1.54) is 12.1 Å². The van der Waals surface area contributed by atoms with Gasteiger partial charge in [-0.15, -0.1) is 11.6 Å². The summed E-state index contributed by atoms with van der Waals surface area (Å²) in [7, 11) is 0. The maximum absolute atomic E-state index is 11.0. The number of alkyl halides is 1. The van der Waals surface area contributed by atoms with Gasteiger partial charge in [-0.3, -0.25) is 9.59 Å². The number of benzene rings is 1. The molecule has 86 valence electrons. The highest BCUT2D eigenvalue weighted by Gasteiger charge is 2.34. The Kier molecular flexibility index (Phi) is 4.15. The predicted molar refractivity (Wildman–Crippen MR) is 59.1 cm³/mol. The van der Waals surface area contributed by atoms with Crippen LogP contribution in [0.25, 0.3) is 0 Å². The van der Waals surface area contributed by atoms with Crippen LogP contribution < -0.4 is 0 Å². The van der Waals surface area contributed by atoms with E-state index in [0.717, 1.165) is 0 Å². The molecule has 0 saturated heterocycles. The van der Waals surface area contributed by atoms with Gasteiger partial charge in [-0.2, -0.15) is 0 Å². The summed E-state index contributed by atoms with van der Waals surface area (Å²) in [5.74, 6) is -4.09. The third-order valence-corrected chi connectivity index (χ3v) is 2.82. The molecule has 0 amide bonds. The molecule has 0 aliphatic rings. The molecule has 1 aromatic carbocycles. The highest BCUT2D eigenvalue weighted by molar-refractivity contribution is 6.34. The highest BCUT2D eigenvalue weighted by Crippen LogP contribution is 2.30. The summed E-state index contributed by atoms with van der Waals surface area (Å²) in [6.07, 6.45) is 0. The van der Waals surface area contributed by atoms with Gasteiger partial charge >= 0.3 is 11.9 Å². The summed E-state index contributed by atoms with van der Waals surface area (Å²) in [5.41, 5.74) is 0.194. The molecule has 0 aliphatic heterocycles. The van der Waals surface area contributed by atoms with Crippen molar-refractivity contribution >= 4 is 35.1 Å². The predicted octanol–water partition coefficient (Wildman–Crippen LogP) is 2.20. The fourth-order valence-electron chi connectivity index (χ4n) is 1.29. The Labute approximate surface area is 101 Å². The monoisotopic (exact) mass is 262 g/mol. The van der Waals surface area contributed by atoms with Crippen LogP contribution in [0.15, 0.2) is 24.3 Å². The number of hydrogen-bond donors (Lipinski definition) is 2. The van der Waals surface area contributed by atoms with Crippen molar-refractivity contribution in [2.24, 2.45) is 0 Å². The Morgan fingerprint density at radius 3 is 2.12 bits per heavy atom. The standard InChI is InChI=1S/C10H8Cl2O4/c11-6-4-2-1-3-5(6)7(9(13)14)8(12)10(15)16/h1-4,7-8H,(H,13,14)(H,15,16). The largest absolute Gasteiger partial charge is 0.481 e. The maximum Gasteiger partial charge on any atom is 0.322 e. The molecule has 0 radical (unpaired) electrons. The fraction of sp³-hybridized carbons (Fsp3) is 0.200. The lowest BCUT2D eigenvalue weighted by molar-refractivity contribution is -0.144. The average Bonchev–Trinajstić information content (AvgIpc) is 2.20. The normalized spacial score (nSPS) is 14.1. The molecule has 2 atom stereocenters. The minimum absolute atomic E-state index is 0.182. The van der Waals surface area contributed by atoms with Crippen LogP contribution in [0.3, 0.4) is 0 Å². The van der Waals surface area contributed by atoms with Gasteiger partial charge in [0.25, 0.3) is 0 Å². The Balaban J connectivity index is 3.18. The van der Waals surface area contributed by atoms with Crippen LogP contribution in [0.2, 0.25) is 5.02 Å². The molecule has 0 fully saturated rings. The van der Waals surface area contributed by atoms with Crippen molar-refractivity contribution in [1.82, 2.24) is 0 Å². The summed E-state index contributed by atoms with van der Waals surface area (Å²) >= 11 is 11.3. The molecular weight excluding hydrogens is 255 g/mol. The third kappa shape index (κ3) is 2.65. The van der Waals surface area contributed by atoms with E-state index in [2.05, 4.69) is 0 Å². The molecule has 0 saturated carbocycles. The van der Waals surface area contributed by atoms with Crippen LogP contribution in [0.5, 0.6) is 0 Å². The van der Waals surface area contributed by atoms with Gasteiger partial charge in [-0.25, -0.2) is 0 Å². The topological polar surface area (TPSA) is 74.6 Å². The molecule has 0 heterocycles. The van der Waals surface area contributed by atoms with Crippen LogP contribution in [0.4, 0.5) is 0 Å². The third-order valence-electron chi connectivity index (χ3n) is 2.03. The fourth-order valence-corrected chi connectivity index (χ4v) is 1.78. The smallest absolute Gasteiger partial charge is 0.322 e. The van der Waals surface area contributed by atoms with Crippen molar-refractivity contribution in [1.29, 1.82) is 0 Å². The Morgan fingerprint density at radius 1 is 1.12 bits per heavy atom. The first-order valence-electron chi connectivity index (χ1n) is 4.29. The van der Waals surface area contributed by atoms with Crippen LogP contribution in [0.1, 0.15) is 11.5 Å². The minimum atomic E-state index is -1.56. The van der Waals surface area contributed by atoms with Crippen LogP contribution in [-0.4, -0.2) is 27.5 Å². The minimum Gasteiger partial charge on any atom is -0.481 e. The second-order valence-electron chi connectivity index (χ2n) is 3.08. The number of halogens is 2. The number of rotatable bonds is 4. The Morgan fingerprint density at radius 2 is 1.69 bits per heavy atom. The van der Waals surface area contributed by atoms with E-state index in [0.29, 0.717) is 0 Å². The van der Waals surface area contributed by atoms with Crippen LogP contribution >= 0.6 is 23.2 Å². The van der Waals surface area contributed by atoms with Crippen LogP contribution in [0, 0.1) is 0 Å². The molecule has 0 aromatic heterocycles. The van der Waals surface area contributed by atoms with Gasteiger partial charge in [0.2, 0.25) is 0 Å². The highest BCUT2D eigenvalue weighted by atomic mass is 35.5. The van der Waals surface area contributed by atoms with E-state index in [1.807, 2.05) is 0 Å². The van der Waals surface area contributed by atoms with E-state index in [1.54, 1.807) is 12.1 Å². The van der Waals surface area contributed by atoms with Crippen LogP contribution in [-0.2, 0) is 9.59 Å². The number of aliphatic carboxylic acids is 2. The lowest BCUT2D eigenvalue weighted by Gasteiger charge is -2.16. The van der Waals surface area contributed by atoms with Crippen molar-refractivity contribution in [3.8, 4) is 0 Å². The summed E-state index contributed by atoms with van der Waals surface area (Å²) in [6, 6.07) is 6.12. The number of carboxylic acids is 2. The zero-order chi connectivity index (χ0) is 12.3. The first kappa shape index (κ1) is 12.8. The average molecular weight is 263 g/mol. The molecule has 4 nitrogen and oxygen atoms in total. The lowest BCUT2D eigenvalue weighted by atomic mass is 9.95. The lowest BCUT2D eigenvalue weighted by Crippen LogP contribution is -2.28. The molecule has 0 bridgehead atoms. The second kappa shape index (κ2) is 5.18. The van der Waals surface area contributed by atoms with Gasteiger partial charge < -0.3 is 10.2 Å². The van der Waals surface area contributed by atoms with E-state index in [4.69, 9.17) is 33.4 Å². The molecule has 2 unspecified atom stereocenters. The van der Waals surface area contributed by atoms with Crippen molar-refractivity contribution < 1.29 is 19.8 Å². The molecule has 0 spiro atoms. The molecule has 1 rings (SSSR count).